The summed E-state index contributed by atoms with van der Waals surface area (Å²) in [6, 6.07) is 84.5. The second-order valence-corrected chi connectivity index (χ2v) is 20.5. The quantitative estimate of drug-likeness (QED) is 0.143. The van der Waals surface area contributed by atoms with Crippen LogP contribution in [0.5, 0.6) is 0 Å². The van der Waals surface area contributed by atoms with Crippen LogP contribution in [0.3, 0.4) is 0 Å². The summed E-state index contributed by atoms with van der Waals surface area (Å²) in [7, 11) is 0. The second kappa shape index (κ2) is 16.9. The number of rotatable bonds is 9. The molecule has 72 heavy (non-hydrogen) atoms. The SMILES string of the molecule is Cc1cc(N(c2ccccc2)c2ccc3c(c2)c2c(N(c4ccccc4)c4ccc(C(C)C)c(C)c4)c4c(cc2n3-c2ccccc2)C2(c3ccccc3-c3ccccc32)c2ccccc2-4)ccc1C(C)C. The van der Waals surface area contributed by atoms with Crippen molar-refractivity contribution < 1.29 is 0 Å². The molecule has 0 fully saturated rings. The Morgan fingerprint density at radius 1 is 0.375 bits per heavy atom. The fourth-order valence-electron chi connectivity index (χ4n) is 12.8. The van der Waals surface area contributed by atoms with Crippen molar-refractivity contribution in [1.82, 2.24) is 4.57 Å². The number of aryl methyl sites for hydroxylation is 2. The third kappa shape index (κ3) is 6.43. The van der Waals surface area contributed by atoms with Gasteiger partial charge in [-0.1, -0.05) is 167 Å². The van der Waals surface area contributed by atoms with Gasteiger partial charge in [-0.15, -0.1) is 0 Å². The minimum absolute atomic E-state index is 0.395. The van der Waals surface area contributed by atoms with E-state index in [4.69, 9.17) is 0 Å². The molecule has 2 aliphatic carbocycles. The fourth-order valence-corrected chi connectivity index (χ4v) is 12.8. The molecule has 3 heteroatoms. The minimum Gasteiger partial charge on any atom is -0.310 e. The summed E-state index contributed by atoms with van der Waals surface area (Å²) in [5.74, 6) is 0.824. The predicted molar refractivity (Wildman–Crippen MR) is 304 cm³/mol. The van der Waals surface area contributed by atoms with Crippen molar-refractivity contribution in [2.45, 2.75) is 58.8 Å². The Balaban J connectivity index is 1.23. The van der Waals surface area contributed by atoms with Gasteiger partial charge in [-0.05, 0) is 172 Å². The van der Waals surface area contributed by atoms with E-state index in [1.165, 1.54) is 83.2 Å². The van der Waals surface area contributed by atoms with Gasteiger partial charge in [-0.25, -0.2) is 0 Å². The molecular weight excluding hydrogens is 871 g/mol. The number of hydrogen-bond acceptors (Lipinski definition) is 2. The van der Waals surface area contributed by atoms with Gasteiger partial charge in [0.15, 0.2) is 0 Å². The standard InChI is InChI=1S/C69H57N3/c1-44(2)54-37-34-51(40-46(54)5)70(48-22-10-7-11-23-48)53-36-39-64-59(42-53)67-65(72(64)50-26-14-9-15-27-50)43-63-66(68(67)71(49-24-12-8-13-25-49)52-35-38-55(45(3)4)47(6)41-52)58-30-18-21-33-62(58)69(63)60-31-19-16-28-56(60)57-29-17-20-32-61(57)69/h7-45H,1-6H3. The van der Waals surface area contributed by atoms with Crippen molar-refractivity contribution in [3.8, 4) is 27.9 Å². The first-order valence-corrected chi connectivity index (χ1v) is 25.7. The van der Waals surface area contributed by atoms with Crippen LogP contribution in [0.15, 0.2) is 224 Å². The molecule has 0 amide bonds. The number of hydrogen-bond donors (Lipinski definition) is 0. The zero-order chi connectivity index (χ0) is 48.8. The minimum atomic E-state index is -0.574. The summed E-state index contributed by atoms with van der Waals surface area (Å²) in [5.41, 5.74) is 25.3. The van der Waals surface area contributed by atoms with E-state index in [1.807, 2.05) is 0 Å². The number of aromatic nitrogens is 1. The van der Waals surface area contributed by atoms with Crippen molar-refractivity contribution in [2.75, 3.05) is 9.80 Å². The molecule has 11 aromatic rings. The van der Waals surface area contributed by atoms with Crippen LogP contribution in [-0.4, -0.2) is 4.57 Å². The van der Waals surface area contributed by atoms with E-state index in [1.54, 1.807) is 0 Å². The predicted octanol–water partition coefficient (Wildman–Crippen LogP) is 18.9. The summed E-state index contributed by atoms with van der Waals surface area (Å²) in [5, 5.41) is 2.39. The Morgan fingerprint density at radius 2 is 0.819 bits per heavy atom. The summed E-state index contributed by atoms with van der Waals surface area (Å²) in [4.78, 5) is 5.03. The van der Waals surface area contributed by atoms with Crippen LogP contribution >= 0.6 is 0 Å². The normalized spacial score (nSPS) is 12.9. The van der Waals surface area contributed by atoms with Crippen molar-refractivity contribution >= 4 is 55.9 Å². The highest BCUT2D eigenvalue weighted by Gasteiger charge is 2.53. The second-order valence-electron chi connectivity index (χ2n) is 20.5. The smallest absolute Gasteiger partial charge is 0.0727 e. The maximum Gasteiger partial charge on any atom is 0.0727 e. The van der Waals surface area contributed by atoms with Crippen molar-refractivity contribution in [3.05, 3.63) is 269 Å². The lowest BCUT2D eigenvalue weighted by Crippen LogP contribution is -2.26. The van der Waals surface area contributed by atoms with Gasteiger partial charge in [0, 0.05) is 50.5 Å². The number of benzene rings is 10. The zero-order valence-corrected chi connectivity index (χ0v) is 41.9. The molecule has 2 aliphatic rings. The van der Waals surface area contributed by atoms with Gasteiger partial charge in [-0.2, -0.15) is 0 Å². The third-order valence-corrected chi connectivity index (χ3v) is 15.8. The number of nitrogens with zero attached hydrogens (tertiary/aromatic N) is 3. The van der Waals surface area contributed by atoms with Crippen LogP contribution in [0.4, 0.5) is 34.1 Å². The van der Waals surface area contributed by atoms with Crippen LogP contribution in [0.1, 0.15) is 84.0 Å². The lowest BCUT2D eigenvalue weighted by atomic mass is 9.70. The van der Waals surface area contributed by atoms with Crippen LogP contribution in [-0.2, 0) is 5.41 Å². The van der Waals surface area contributed by atoms with E-state index >= 15 is 0 Å². The molecule has 0 radical (unpaired) electrons. The Hall–Kier alpha value is -8.40. The Morgan fingerprint density at radius 3 is 1.36 bits per heavy atom. The van der Waals surface area contributed by atoms with Crippen molar-refractivity contribution in [1.29, 1.82) is 0 Å². The molecule has 10 aromatic carbocycles. The van der Waals surface area contributed by atoms with Gasteiger partial charge < -0.3 is 14.4 Å². The summed E-state index contributed by atoms with van der Waals surface area (Å²) >= 11 is 0. The lowest BCUT2D eigenvalue weighted by Gasteiger charge is -2.33. The zero-order valence-electron chi connectivity index (χ0n) is 41.9. The topological polar surface area (TPSA) is 11.4 Å². The van der Waals surface area contributed by atoms with Gasteiger partial charge in [0.05, 0.1) is 22.1 Å². The first kappa shape index (κ1) is 43.6. The number of anilines is 6. The molecular formula is C69H57N3. The van der Waals surface area contributed by atoms with Crippen molar-refractivity contribution in [2.24, 2.45) is 0 Å². The van der Waals surface area contributed by atoms with Crippen molar-refractivity contribution in [3.63, 3.8) is 0 Å². The molecule has 348 valence electrons. The molecule has 13 rings (SSSR count). The molecule has 0 bridgehead atoms. The molecule has 1 spiro atoms. The van der Waals surface area contributed by atoms with Crippen LogP contribution in [0.2, 0.25) is 0 Å². The maximum absolute atomic E-state index is 2.59. The summed E-state index contributed by atoms with van der Waals surface area (Å²) in [6.45, 7) is 13.7. The van der Waals surface area contributed by atoms with E-state index in [9.17, 15) is 0 Å². The molecule has 3 nitrogen and oxygen atoms in total. The average molecular weight is 928 g/mol. The Labute approximate surface area is 423 Å². The van der Waals surface area contributed by atoms with Crippen LogP contribution in [0.25, 0.3) is 49.7 Å². The van der Waals surface area contributed by atoms with Gasteiger partial charge in [0.2, 0.25) is 0 Å². The Kier molecular flexibility index (Phi) is 10.2. The molecule has 1 heterocycles. The molecule has 0 N–H and O–H groups in total. The van der Waals surface area contributed by atoms with E-state index in [0.717, 1.165) is 45.2 Å². The first-order chi connectivity index (χ1) is 35.2. The van der Waals surface area contributed by atoms with E-state index in [0.29, 0.717) is 11.8 Å². The van der Waals surface area contributed by atoms with Crippen LogP contribution < -0.4 is 9.80 Å². The van der Waals surface area contributed by atoms with E-state index < -0.39 is 5.41 Å². The molecule has 0 atom stereocenters. The molecule has 1 aromatic heterocycles. The first-order valence-electron chi connectivity index (χ1n) is 25.7. The fraction of sp³-hybridized carbons (Fsp3) is 0.130. The lowest BCUT2D eigenvalue weighted by molar-refractivity contribution is 0.794. The van der Waals surface area contributed by atoms with Crippen LogP contribution in [0, 0.1) is 13.8 Å². The Bertz CT molecular complexity index is 3850. The van der Waals surface area contributed by atoms with Gasteiger partial charge >= 0.3 is 0 Å². The highest BCUT2D eigenvalue weighted by atomic mass is 15.2. The van der Waals surface area contributed by atoms with E-state index in [-0.39, 0.29) is 0 Å². The third-order valence-electron chi connectivity index (χ3n) is 15.8. The number of fused-ring (bicyclic) bond motifs is 13. The average Bonchev–Trinajstić information content (AvgIpc) is 4.01. The van der Waals surface area contributed by atoms with Gasteiger partial charge in [0.25, 0.3) is 0 Å². The maximum atomic E-state index is 2.59. The molecule has 0 saturated carbocycles. The van der Waals surface area contributed by atoms with E-state index in [2.05, 4.69) is 280 Å². The number of para-hydroxylation sites is 3. The summed E-state index contributed by atoms with van der Waals surface area (Å²) in [6.07, 6.45) is 0. The van der Waals surface area contributed by atoms with Gasteiger partial charge in [-0.3, -0.25) is 0 Å². The highest BCUT2D eigenvalue weighted by molar-refractivity contribution is 6.22. The monoisotopic (exact) mass is 927 g/mol. The highest BCUT2D eigenvalue weighted by Crippen LogP contribution is 2.66. The largest absolute Gasteiger partial charge is 0.310 e. The molecule has 0 unspecified atom stereocenters. The van der Waals surface area contributed by atoms with Gasteiger partial charge in [0.1, 0.15) is 0 Å². The molecule has 0 aliphatic heterocycles. The summed E-state index contributed by atoms with van der Waals surface area (Å²) < 4.78 is 2.53. The molecule has 0 saturated heterocycles.